The van der Waals surface area contributed by atoms with Gasteiger partial charge in [-0.2, -0.15) is 4.98 Å². The van der Waals surface area contributed by atoms with Crippen molar-refractivity contribution in [3.8, 4) is 11.6 Å². The van der Waals surface area contributed by atoms with E-state index in [2.05, 4.69) is 22.0 Å². The Bertz CT molecular complexity index is 615. The monoisotopic (exact) mass is 324 g/mol. The molecular weight excluding hydrogens is 304 g/mol. The Morgan fingerprint density at radius 2 is 2.32 bits per heavy atom. The van der Waals surface area contributed by atoms with Gasteiger partial charge in [-0.3, -0.25) is 4.90 Å². The molecule has 4 rings (SSSR count). The fourth-order valence-corrected chi connectivity index (χ4v) is 4.05. The summed E-state index contributed by atoms with van der Waals surface area (Å²) in [5.41, 5.74) is 5.90. The maximum atomic E-state index is 5.90. The minimum Gasteiger partial charge on any atom is -0.461 e. The van der Waals surface area contributed by atoms with Gasteiger partial charge in [-0.1, -0.05) is 5.16 Å². The van der Waals surface area contributed by atoms with E-state index in [-0.39, 0.29) is 18.4 Å². The predicted molar refractivity (Wildman–Crippen MR) is 83.5 cm³/mol. The third kappa shape index (κ3) is 2.35. The van der Waals surface area contributed by atoms with Gasteiger partial charge >= 0.3 is 0 Å². The first-order chi connectivity index (χ1) is 10.3. The molecule has 0 aliphatic carbocycles. The van der Waals surface area contributed by atoms with Crippen molar-refractivity contribution < 1.29 is 8.94 Å². The fraction of sp³-hybridized carbons (Fsp3) is 0.600. The van der Waals surface area contributed by atoms with Crippen molar-refractivity contribution in [3.05, 3.63) is 24.3 Å². The molecule has 4 heterocycles. The lowest BCUT2D eigenvalue weighted by Gasteiger charge is -2.27. The van der Waals surface area contributed by atoms with Gasteiger partial charge < -0.3 is 14.7 Å². The Labute approximate surface area is 135 Å². The molecule has 2 bridgehead atoms. The van der Waals surface area contributed by atoms with Crippen LogP contribution in [0.4, 0.5) is 0 Å². The van der Waals surface area contributed by atoms with Crippen molar-refractivity contribution in [3.63, 3.8) is 0 Å². The van der Waals surface area contributed by atoms with Crippen molar-refractivity contribution in [2.45, 2.75) is 44.3 Å². The number of hydrogen-bond acceptors (Lipinski definition) is 6. The second-order valence-corrected chi connectivity index (χ2v) is 6.09. The van der Waals surface area contributed by atoms with Gasteiger partial charge in [-0.25, -0.2) is 0 Å². The van der Waals surface area contributed by atoms with E-state index in [9.17, 15) is 0 Å². The van der Waals surface area contributed by atoms with E-state index in [1.807, 2.05) is 12.1 Å². The molecule has 2 aliphatic heterocycles. The molecule has 120 valence electrons. The molecule has 2 aromatic rings. The maximum absolute atomic E-state index is 5.90. The maximum Gasteiger partial charge on any atom is 0.244 e. The Balaban J connectivity index is 0.00000144. The van der Waals surface area contributed by atoms with Crippen molar-refractivity contribution in [1.29, 1.82) is 0 Å². The minimum atomic E-state index is 0. The molecule has 2 saturated heterocycles. The number of rotatable bonds is 4. The molecule has 2 fully saturated rings. The Kier molecular flexibility index (Phi) is 4.25. The molecule has 4 atom stereocenters. The van der Waals surface area contributed by atoms with Crippen molar-refractivity contribution >= 4 is 12.4 Å². The van der Waals surface area contributed by atoms with E-state index in [1.54, 1.807) is 6.26 Å². The van der Waals surface area contributed by atoms with Gasteiger partial charge in [-0.15, -0.1) is 12.4 Å². The largest absolute Gasteiger partial charge is 0.461 e. The van der Waals surface area contributed by atoms with Gasteiger partial charge in [0, 0.05) is 12.1 Å². The van der Waals surface area contributed by atoms with E-state index in [0.717, 1.165) is 6.54 Å². The number of nitrogens with two attached hydrogens (primary N) is 1. The van der Waals surface area contributed by atoms with E-state index in [0.29, 0.717) is 35.5 Å². The summed E-state index contributed by atoms with van der Waals surface area (Å²) in [4.78, 5) is 7.03. The third-order valence-electron chi connectivity index (χ3n) is 5.01. The fourth-order valence-electron chi connectivity index (χ4n) is 4.05. The van der Waals surface area contributed by atoms with Gasteiger partial charge in [0.25, 0.3) is 0 Å². The second-order valence-electron chi connectivity index (χ2n) is 6.09. The average molecular weight is 325 g/mol. The lowest BCUT2D eigenvalue weighted by atomic mass is 9.89. The number of furan rings is 1. The second kappa shape index (κ2) is 6.02. The highest BCUT2D eigenvalue weighted by molar-refractivity contribution is 5.85. The smallest absolute Gasteiger partial charge is 0.244 e. The van der Waals surface area contributed by atoms with E-state index in [1.165, 1.54) is 19.3 Å². The van der Waals surface area contributed by atoms with Crippen molar-refractivity contribution in [1.82, 2.24) is 15.0 Å². The van der Waals surface area contributed by atoms with Crippen LogP contribution in [0, 0.1) is 5.92 Å². The van der Waals surface area contributed by atoms with Crippen LogP contribution in [0.5, 0.6) is 0 Å². The molecule has 2 N–H and O–H groups in total. The number of halogens is 1. The van der Waals surface area contributed by atoms with Crippen LogP contribution in [0.25, 0.3) is 11.6 Å². The third-order valence-corrected chi connectivity index (χ3v) is 5.01. The molecule has 7 heteroatoms. The van der Waals surface area contributed by atoms with Crippen molar-refractivity contribution in [2.75, 3.05) is 6.54 Å². The number of nitrogens with zero attached hydrogens (tertiary/aromatic N) is 3. The molecule has 2 aliphatic rings. The first kappa shape index (κ1) is 15.5. The summed E-state index contributed by atoms with van der Waals surface area (Å²) < 4.78 is 10.8. The van der Waals surface area contributed by atoms with Crippen LogP contribution in [-0.4, -0.2) is 33.7 Å². The van der Waals surface area contributed by atoms with Gasteiger partial charge in [0.05, 0.1) is 12.3 Å². The molecular formula is C15H21ClN4O2. The zero-order valence-corrected chi connectivity index (χ0v) is 13.3. The summed E-state index contributed by atoms with van der Waals surface area (Å²) in [7, 11) is 0. The zero-order chi connectivity index (χ0) is 14.4. The molecule has 0 aromatic carbocycles. The first-order valence-electron chi connectivity index (χ1n) is 7.63. The Morgan fingerprint density at radius 1 is 1.45 bits per heavy atom. The summed E-state index contributed by atoms with van der Waals surface area (Å²) in [6.07, 6.45) is 5.30. The molecule has 0 radical (unpaired) electrons. The van der Waals surface area contributed by atoms with Crippen LogP contribution in [-0.2, 0) is 0 Å². The van der Waals surface area contributed by atoms with Gasteiger partial charge in [0.1, 0.15) is 0 Å². The molecule has 0 saturated carbocycles. The summed E-state index contributed by atoms with van der Waals surface area (Å²) >= 11 is 0. The molecule has 22 heavy (non-hydrogen) atoms. The number of aromatic nitrogens is 2. The van der Waals surface area contributed by atoms with Gasteiger partial charge in [-0.05, 0) is 50.8 Å². The van der Waals surface area contributed by atoms with Crippen LogP contribution in [0.2, 0.25) is 0 Å². The van der Waals surface area contributed by atoms with Crippen molar-refractivity contribution in [2.24, 2.45) is 11.7 Å². The summed E-state index contributed by atoms with van der Waals surface area (Å²) in [5, 5.41) is 4.03. The van der Waals surface area contributed by atoms with Crippen LogP contribution in [0.1, 0.15) is 38.1 Å². The minimum absolute atomic E-state index is 0. The highest BCUT2D eigenvalue weighted by Gasteiger charge is 2.48. The summed E-state index contributed by atoms with van der Waals surface area (Å²) in [5.74, 6) is 2.43. The average Bonchev–Trinajstić information content (AvgIpc) is 3.27. The quantitative estimate of drug-likeness (QED) is 0.931. The summed E-state index contributed by atoms with van der Waals surface area (Å²) in [6, 6.07) is 4.96. The summed E-state index contributed by atoms with van der Waals surface area (Å²) in [6.45, 7) is 2.91. The van der Waals surface area contributed by atoms with Gasteiger partial charge in [0.2, 0.25) is 11.7 Å². The molecule has 0 spiro atoms. The lowest BCUT2D eigenvalue weighted by Crippen LogP contribution is -2.34. The van der Waals surface area contributed by atoms with E-state index in [4.69, 9.17) is 14.7 Å². The molecule has 1 unspecified atom stereocenters. The van der Waals surface area contributed by atoms with Crippen LogP contribution < -0.4 is 5.73 Å². The van der Waals surface area contributed by atoms with E-state index < -0.39 is 0 Å². The molecule has 6 nitrogen and oxygen atoms in total. The Morgan fingerprint density at radius 3 is 3.00 bits per heavy atom. The molecule has 2 aromatic heterocycles. The topological polar surface area (TPSA) is 81.3 Å². The highest BCUT2D eigenvalue weighted by atomic mass is 35.5. The first-order valence-corrected chi connectivity index (χ1v) is 7.63. The number of fused-ring (bicyclic) bond motifs is 2. The predicted octanol–water partition coefficient (Wildman–Crippen LogP) is 2.62. The van der Waals surface area contributed by atoms with Crippen LogP contribution in [0.15, 0.2) is 27.3 Å². The SMILES string of the molecule is CC(c1nc(-c2ccco2)no1)N1[C@@H]2CC[C@H]1[C@H](CN)C2.Cl. The van der Waals surface area contributed by atoms with Crippen LogP contribution in [0.3, 0.4) is 0 Å². The Hall–Kier alpha value is -1.37. The number of hydrogen-bond donors (Lipinski definition) is 1. The van der Waals surface area contributed by atoms with Gasteiger partial charge in [0.15, 0.2) is 5.76 Å². The lowest BCUT2D eigenvalue weighted by molar-refractivity contribution is 0.147. The zero-order valence-electron chi connectivity index (χ0n) is 12.5. The van der Waals surface area contributed by atoms with E-state index >= 15 is 0 Å². The molecule has 0 amide bonds. The standard InChI is InChI=1S/C15H20N4O2.ClH/c1-9(19-11-4-5-12(19)10(7-11)8-16)15-17-14(18-21-15)13-3-2-6-20-13;/h2-3,6,9-12H,4-5,7-8,16H2,1H3;1H/t9?,10-,11+,12-;/m0./s1. The normalized spacial score (nSPS) is 28.7. The highest BCUT2D eigenvalue weighted by Crippen LogP contribution is 2.45. The van der Waals surface area contributed by atoms with Crippen LogP contribution >= 0.6 is 12.4 Å².